The highest BCUT2D eigenvalue weighted by atomic mass is 32.2. The lowest BCUT2D eigenvalue weighted by molar-refractivity contribution is -0.136. The summed E-state index contributed by atoms with van der Waals surface area (Å²) >= 11 is 1.90. The van der Waals surface area contributed by atoms with Crippen LogP contribution in [-0.2, 0) is 4.79 Å². The van der Waals surface area contributed by atoms with Gasteiger partial charge in [-0.15, -0.1) is 0 Å². The average Bonchev–Trinajstić information content (AvgIpc) is 2.82. The summed E-state index contributed by atoms with van der Waals surface area (Å²) in [6.07, 6.45) is 0.792. The maximum atomic E-state index is 13.3. The van der Waals surface area contributed by atoms with Crippen LogP contribution in [0.15, 0.2) is 48.5 Å². The van der Waals surface area contributed by atoms with E-state index in [1.807, 2.05) is 64.9 Å². The van der Waals surface area contributed by atoms with Crippen molar-refractivity contribution in [3.05, 3.63) is 65.2 Å². The molecule has 0 spiro atoms. The number of piperidine rings is 1. The number of anilines is 1. The van der Waals surface area contributed by atoms with Crippen LogP contribution in [-0.4, -0.2) is 59.4 Å². The second-order valence-corrected chi connectivity index (χ2v) is 9.84. The predicted octanol–water partition coefficient (Wildman–Crippen LogP) is 4.52. The first kappa shape index (κ1) is 21.8. The van der Waals surface area contributed by atoms with E-state index in [0.717, 1.165) is 42.3 Å². The number of rotatable bonds is 3. The third-order valence-electron chi connectivity index (χ3n) is 6.44. The first-order valence-electron chi connectivity index (χ1n) is 11.1. The Morgan fingerprint density at radius 1 is 0.935 bits per heavy atom. The molecule has 2 unspecified atom stereocenters. The summed E-state index contributed by atoms with van der Waals surface area (Å²) in [5, 5.41) is 3.05. The maximum Gasteiger partial charge on any atom is 0.321 e. The standard InChI is InChI=1S/C25H31N3O2S/c1-18-8-9-23(14-19(18)2)26-25(30)28-16-21(20-6-4-3-5-7-20)15-22(17-28)24(29)27-10-12-31-13-11-27/h3-9,14,21-22H,10-13,15-17H2,1-2H3,(H,26,30). The molecule has 1 N–H and O–H groups in total. The number of nitrogens with one attached hydrogen (secondary N) is 1. The molecule has 0 bridgehead atoms. The molecule has 3 amide bonds. The molecule has 2 aliphatic heterocycles. The minimum Gasteiger partial charge on any atom is -0.341 e. The molecule has 2 fully saturated rings. The molecule has 2 atom stereocenters. The van der Waals surface area contributed by atoms with Crippen molar-refractivity contribution in [3.63, 3.8) is 0 Å². The zero-order valence-electron chi connectivity index (χ0n) is 18.3. The van der Waals surface area contributed by atoms with Gasteiger partial charge in [0.2, 0.25) is 5.91 Å². The van der Waals surface area contributed by atoms with Gasteiger partial charge in [0, 0.05) is 49.3 Å². The second-order valence-electron chi connectivity index (χ2n) is 8.61. The molecule has 0 aliphatic carbocycles. The molecule has 0 aromatic heterocycles. The molecule has 4 rings (SSSR count). The van der Waals surface area contributed by atoms with Gasteiger partial charge < -0.3 is 15.1 Å². The molecule has 164 valence electrons. The van der Waals surface area contributed by atoms with Crippen molar-refractivity contribution >= 4 is 29.4 Å². The van der Waals surface area contributed by atoms with Crippen LogP contribution >= 0.6 is 11.8 Å². The van der Waals surface area contributed by atoms with Crippen LogP contribution in [0.1, 0.15) is 29.0 Å². The Morgan fingerprint density at radius 2 is 1.68 bits per heavy atom. The van der Waals surface area contributed by atoms with Crippen LogP contribution in [0.3, 0.4) is 0 Å². The summed E-state index contributed by atoms with van der Waals surface area (Å²) in [5.74, 6) is 2.20. The first-order valence-corrected chi connectivity index (χ1v) is 12.2. The summed E-state index contributed by atoms with van der Waals surface area (Å²) in [6.45, 7) is 6.83. The van der Waals surface area contributed by atoms with Crippen molar-refractivity contribution in [1.29, 1.82) is 0 Å². The summed E-state index contributed by atoms with van der Waals surface area (Å²) in [5.41, 5.74) is 4.34. The highest BCUT2D eigenvalue weighted by molar-refractivity contribution is 7.99. The summed E-state index contributed by atoms with van der Waals surface area (Å²) < 4.78 is 0. The molecule has 6 heteroatoms. The van der Waals surface area contributed by atoms with E-state index in [9.17, 15) is 9.59 Å². The van der Waals surface area contributed by atoms with Gasteiger partial charge in [-0.1, -0.05) is 36.4 Å². The van der Waals surface area contributed by atoms with Gasteiger partial charge in [-0.3, -0.25) is 4.79 Å². The van der Waals surface area contributed by atoms with E-state index < -0.39 is 0 Å². The number of carbonyl (C=O) groups excluding carboxylic acids is 2. The van der Waals surface area contributed by atoms with E-state index >= 15 is 0 Å². The van der Waals surface area contributed by atoms with Crippen LogP contribution in [0, 0.1) is 19.8 Å². The van der Waals surface area contributed by atoms with Crippen LogP contribution in [0.5, 0.6) is 0 Å². The largest absolute Gasteiger partial charge is 0.341 e. The van der Waals surface area contributed by atoms with Gasteiger partial charge in [0.1, 0.15) is 0 Å². The van der Waals surface area contributed by atoms with Gasteiger partial charge >= 0.3 is 6.03 Å². The van der Waals surface area contributed by atoms with Gasteiger partial charge in [-0.05, 0) is 49.1 Å². The molecular formula is C25H31N3O2S. The third kappa shape index (κ3) is 5.24. The molecule has 2 saturated heterocycles. The van der Waals surface area contributed by atoms with Crippen molar-refractivity contribution in [3.8, 4) is 0 Å². The van der Waals surface area contributed by atoms with Crippen molar-refractivity contribution in [2.75, 3.05) is 43.0 Å². The molecular weight excluding hydrogens is 406 g/mol. The molecule has 2 heterocycles. The number of aryl methyl sites for hydroxylation is 2. The topological polar surface area (TPSA) is 52.7 Å². The quantitative estimate of drug-likeness (QED) is 0.768. The van der Waals surface area contributed by atoms with Crippen molar-refractivity contribution in [2.24, 2.45) is 5.92 Å². The van der Waals surface area contributed by atoms with E-state index in [-0.39, 0.29) is 23.8 Å². The Labute approximate surface area is 189 Å². The van der Waals surface area contributed by atoms with Crippen molar-refractivity contribution in [2.45, 2.75) is 26.2 Å². The van der Waals surface area contributed by atoms with E-state index in [2.05, 4.69) is 24.4 Å². The SMILES string of the molecule is Cc1ccc(NC(=O)N2CC(C(=O)N3CCSCC3)CC(c3ccccc3)C2)cc1C. The zero-order chi connectivity index (χ0) is 21.8. The molecule has 2 aromatic carbocycles. The molecule has 5 nitrogen and oxygen atoms in total. The fraction of sp³-hybridized carbons (Fsp3) is 0.440. The van der Waals surface area contributed by atoms with Gasteiger partial charge in [-0.2, -0.15) is 11.8 Å². The number of hydrogen-bond donors (Lipinski definition) is 1. The third-order valence-corrected chi connectivity index (χ3v) is 7.38. The van der Waals surface area contributed by atoms with E-state index in [0.29, 0.717) is 13.1 Å². The van der Waals surface area contributed by atoms with Crippen LogP contribution < -0.4 is 5.32 Å². The lowest BCUT2D eigenvalue weighted by atomic mass is 9.84. The molecule has 0 saturated carbocycles. The average molecular weight is 438 g/mol. The second kappa shape index (κ2) is 9.77. The number of carbonyl (C=O) groups is 2. The fourth-order valence-corrected chi connectivity index (χ4v) is 5.38. The zero-order valence-corrected chi connectivity index (χ0v) is 19.2. The Morgan fingerprint density at radius 3 is 2.39 bits per heavy atom. The fourth-order valence-electron chi connectivity index (χ4n) is 4.47. The van der Waals surface area contributed by atoms with Crippen LogP contribution in [0.25, 0.3) is 0 Å². The Kier molecular flexibility index (Phi) is 6.86. The first-order chi connectivity index (χ1) is 15.0. The highest BCUT2D eigenvalue weighted by Crippen LogP contribution is 2.32. The highest BCUT2D eigenvalue weighted by Gasteiger charge is 2.36. The predicted molar refractivity (Wildman–Crippen MR) is 128 cm³/mol. The summed E-state index contributed by atoms with van der Waals surface area (Å²) in [6, 6.07) is 16.1. The normalized spacial score (nSPS) is 21.6. The smallest absolute Gasteiger partial charge is 0.321 e. The number of thioether (sulfide) groups is 1. The Bertz CT molecular complexity index is 928. The lowest BCUT2D eigenvalue weighted by Crippen LogP contribution is -2.51. The minimum atomic E-state index is -0.160. The molecule has 0 radical (unpaired) electrons. The van der Waals surface area contributed by atoms with Crippen LogP contribution in [0.4, 0.5) is 10.5 Å². The number of hydrogen-bond acceptors (Lipinski definition) is 3. The monoisotopic (exact) mass is 437 g/mol. The molecule has 2 aliphatic rings. The van der Waals surface area contributed by atoms with E-state index in [1.165, 1.54) is 11.1 Å². The van der Waals surface area contributed by atoms with Crippen LogP contribution in [0.2, 0.25) is 0 Å². The van der Waals surface area contributed by atoms with Gasteiger partial charge in [0.25, 0.3) is 0 Å². The van der Waals surface area contributed by atoms with Crippen molar-refractivity contribution < 1.29 is 9.59 Å². The molecule has 2 aromatic rings. The summed E-state index contributed by atoms with van der Waals surface area (Å²) in [4.78, 5) is 30.3. The van der Waals surface area contributed by atoms with Gasteiger partial charge in [0.05, 0.1) is 5.92 Å². The minimum absolute atomic E-state index is 0.129. The number of benzene rings is 2. The number of likely N-dealkylation sites (tertiary alicyclic amines) is 1. The van der Waals surface area contributed by atoms with Gasteiger partial charge in [-0.25, -0.2) is 4.79 Å². The maximum absolute atomic E-state index is 13.3. The number of amides is 3. The van der Waals surface area contributed by atoms with Crippen molar-refractivity contribution in [1.82, 2.24) is 9.80 Å². The Balaban J connectivity index is 1.52. The number of nitrogens with zero attached hydrogens (tertiary/aromatic N) is 2. The lowest BCUT2D eigenvalue weighted by Gasteiger charge is -2.40. The van der Waals surface area contributed by atoms with E-state index in [4.69, 9.17) is 0 Å². The van der Waals surface area contributed by atoms with E-state index in [1.54, 1.807) is 0 Å². The van der Waals surface area contributed by atoms with Gasteiger partial charge in [0.15, 0.2) is 0 Å². The Hall–Kier alpha value is -2.47. The number of urea groups is 1. The molecule has 31 heavy (non-hydrogen) atoms. The summed E-state index contributed by atoms with van der Waals surface area (Å²) in [7, 11) is 0.